The van der Waals surface area contributed by atoms with Crippen molar-refractivity contribution in [3.05, 3.63) is 22.2 Å². The van der Waals surface area contributed by atoms with Gasteiger partial charge in [-0.1, -0.05) is 0 Å². The number of aromatic nitrogens is 1. The van der Waals surface area contributed by atoms with Crippen LogP contribution in [0.15, 0.2) is 12.1 Å². The molecule has 1 aromatic rings. The van der Waals surface area contributed by atoms with Crippen molar-refractivity contribution in [3.8, 4) is 0 Å². The van der Waals surface area contributed by atoms with Crippen molar-refractivity contribution in [1.82, 2.24) is 4.98 Å². The van der Waals surface area contributed by atoms with Gasteiger partial charge in [0, 0.05) is 6.07 Å². The normalized spacial score (nSPS) is 11.2. The van der Waals surface area contributed by atoms with Gasteiger partial charge in [0.2, 0.25) is 5.82 Å². The first-order chi connectivity index (χ1) is 7.85. The fraction of sp³-hybridized carbons (Fsp3) is 0.375. The van der Waals surface area contributed by atoms with Crippen LogP contribution in [0.4, 0.5) is 26.1 Å². The summed E-state index contributed by atoms with van der Waals surface area (Å²) in [6, 6.07) is 2.25. The number of aliphatic hydroxyl groups is 1. The van der Waals surface area contributed by atoms with Gasteiger partial charge in [-0.25, -0.2) is 13.8 Å². The van der Waals surface area contributed by atoms with Gasteiger partial charge >= 0.3 is 5.69 Å². The van der Waals surface area contributed by atoms with Crippen LogP contribution in [-0.2, 0) is 0 Å². The van der Waals surface area contributed by atoms with Crippen molar-refractivity contribution < 1.29 is 18.8 Å². The Morgan fingerprint density at radius 1 is 1.59 bits per heavy atom. The van der Waals surface area contributed by atoms with Gasteiger partial charge in [-0.2, -0.15) is 0 Å². The van der Waals surface area contributed by atoms with Crippen LogP contribution >= 0.6 is 0 Å². The van der Waals surface area contributed by atoms with Crippen molar-refractivity contribution in [2.24, 2.45) is 0 Å². The third-order valence-electron chi connectivity index (χ3n) is 1.84. The van der Waals surface area contributed by atoms with E-state index in [-0.39, 0.29) is 11.6 Å². The maximum Gasteiger partial charge on any atom is 0.311 e. The van der Waals surface area contributed by atoms with E-state index in [1.807, 2.05) is 0 Å². The number of nitrogens with one attached hydrogen (secondary N) is 1. The Balaban J connectivity index is 2.89. The van der Waals surface area contributed by atoms with Crippen LogP contribution in [0.5, 0.6) is 0 Å². The first-order valence-electron chi connectivity index (χ1n) is 4.49. The molecule has 1 rings (SSSR count). The lowest BCUT2D eigenvalue weighted by atomic mass is 10.3. The number of nitrogens with two attached hydrogens (primary N) is 1. The molecule has 0 fully saturated rings. The van der Waals surface area contributed by atoms with E-state index >= 15 is 0 Å². The molecule has 0 aliphatic carbocycles. The molecule has 0 aliphatic heterocycles. The number of rotatable bonds is 5. The summed E-state index contributed by atoms with van der Waals surface area (Å²) in [5.74, 6) is -3.78. The van der Waals surface area contributed by atoms with E-state index in [1.165, 1.54) is 6.07 Å². The van der Waals surface area contributed by atoms with Gasteiger partial charge in [0.15, 0.2) is 0 Å². The van der Waals surface area contributed by atoms with Crippen molar-refractivity contribution >= 4 is 17.3 Å². The largest absolute Gasteiger partial charge is 0.390 e. The molecule has 0 unspecified atom stereocenters. The summed E-state index contributed by atoms with van der Waals surface area (Å²) in [4.78, 5) is 13.3. The van der Waals surface area contributed by atoms with Crippen LogP contribution in [0.2, 0.25) is 0 Å². The number of nitrogen functional groups attached to an aromatic ring is 1. The van der Waals surface area contributed by atoms with E-state index in [4.69, 9.17) is 10.8 Å². The van der Waals surface area contributed by atoms with E-state index in [1.54, 1.807) is 0 Å². The highest BCUT2D eigenvalue weighted by molar-refractivity contribution is 5.59. The molecular weight excluding hydrogens is 238 g/mol. The van der Waals surface area contributed by atoms with Crippen LogP contribution in [0, 0.1) is 10.1 Å². The van der Waals surface area contributed by atoms with Crippen LogP contribution in [0.25, 0.3) is 0 Å². The first kappa shape index (κ1) is 13.0. The molecule has 0 saturated heterocycles. The molecule has 0 bridgehead atoms. The van der Waals surface area contributed by atoms with Crippen molar-refractivity contribution in [1.29, 1.82) is 0 Å². The number of hydrogen-bond acceptors (Lipinski definition) is 6. The molecule has 7 nitrogen and oxygen atoms in total. The van der Waals surface area contributed by atoms with Crippen molar-refractivity contribution in [3.63, 3.8) is 0 Å². The first-order valence-corrected chi connectivity index (χ1v) is 4.49. The lowest BCUT2D eigenvalue weighted by molar-refractivity contribution is -0.384. The Kier molecular flexibility index (Phi) is 3.73. The molecule has 1 heterocycles. The van der Waals surface area contributed by atoms with E-state index in [0.717, 1.165) is 6.07 Å². The predicted molar refractivity (Wildman–Crippen MR) is 55.8 cm³/mol. The topological polar surface area (TPSA) is 114 Å². The number of nitro groups is 1. The third-order valence-corrected chi connectivity index (χ3v) is 1.84. The van der Waals surface area contributed by atoms with Crippen LogP contribution in [0.3, 0.4) is 0 Å². The Hall–Kier alpha value is -2.03. The van der Waals surface area contributed by atoms with E-state index < -0.39 is 29.7 Å². The van der Waals surface area contributed by atoms with Crippen LogP contribution < -0.4 is 11.1 Å². The Morgan fingerprint density at radius 3 is 2.76 bits per heavy atom. The SMILES string of the molecule is Nc1ccc([N+](=O)[O-])c(NCC(F)(F)CO)n1. The summed E-state index contributed by atoms with van der Waals surface area (Å²) in [7, 11) is 0. The van der Waals surface area contributed by atoms with E-state index in [2.05, 4.69) is 10.3 Å². The molecule has 9 heteroatoms. The second-order valence-electron chi connectivity index (χ2n) is 3.23. The molecule has 17 heavy (non-hydrogen) atoms. The number of aliphatic hydroxyl groups excluding tert-OH is 1. The highest BCUT2D eigenvalue weighted by Gasteiger charge is 2.29. The summed E-state index contributed by atoms with van der Waals surface area (Å²) in [6.45, 7) is -2.34. The minimum Gasteiger partial charge on any atom is -0.390 e. The predicted octanol–water partition coefficient (Wildman–Crippen LogP) is 0.611. The molecule has 1 aromatic heterocycles. The number of halogens is 2. The molecule has 0 saturated carbocycles. The average molecular weight is 248 g/mol. The van der Waals surface area contributed by atoms with Gasteiger partial charge in [-0.15, -0.1) is 0 Å². The zero-order valence-electron chi connectivity index (χ0n) is 8.56. The van der Waals surface area contributed by atoms with Gasteiger partial charge in [-0.3, -0.25) is 10.1 Å². The number of anilines is 2. The fourth-order valence-corrected chi connectivity index (χ4v) is 1.01. The molecule has 0 atom stereocenters. The Morgan fingerprint density at radius 2 is 2.24 bits per heavy atom. The summed E-state index contributed by atoms with van der Waals surface area (Å²) < 4.78 is 25.5. The molecule has 94 valence electrons. The number of nitrogens with zero attached hydrogens (tertiary/aromatic N) is 2. The minimum atomic E-state index is -3.39. The molecule has 0 aliphatic rings. The van der Waals surface area contributed by atoms with Gasteiger partial charge in [0.1, 0.15) is 12.4 Å². The zero-order valence-corrected chi connectivity index (χ0v) is 8.56. The molecule has 0 amide bonds. The summed E-state index contributed by atoms with van der Waals surface area (Å²) in [5, 5.41) is 21.0. The van der Waals surface area contributed by atoms with Crippen LogP contribution in [0.1, 0.15) is 0 Å². The molecular formula is C8H10F2N4O3. The summed E-state index contributed by atoms with van der Waals surface area (Å²) >= 11 is 0. The zero-order chi connectivity index (χ0) is 13.1. The van der Waals surface area contributed by atoms with Gasteiger partial charge in [-0.05, 0) is 6.07 Å². The molecule has 0 spiro atoms. The number of alkyl halides is 2. The lowest BCUT2D eigenvalue weighted by Gasteiger charge is -2.14. The van der Waals surface area contributed by atoms with Gasteiger partial charge in [0.25, 0.3) is 5.92 Å². The Labute approximate surface area is 94.4 Å². The lowest BCUT2D eigenvalue weighted by Crippen LogP contribution is -2.31. The molecule has 0 aromatic carbocycles. The third kappa shape index (κ3) is 3.48. The smallest absolute Gasteiger partial charge is 0.311 e. The standard InChI is InChI=1S/C8H10F2N4O3/c9-8(10,4-15)3-12-7-5(14(16)17)1-2-6(11)13-7/h1-2,15H,3-4H2,(H3,11,12,13). The van der Waals surface area contributed by atoms with Gasteiger partial charge < -0.3 is 16.2 Å². The second kappa shape index (κ2) is 4.87. The number of pyridine rings is 1. The maximum atomic E-state index is 12.7. The molecule has 0 radical (unpaired) electrons. The summed E-state index contributed by atoms with van der Waals surface area (Å²) in [6.07, 6.45) is 0. The summed E-state index contributed by atoms with van der Waals surface area (Å²) in [5.41, 5.74) is 4.82. The maximum absolute atomic E-state index is 12.7. The highest BCUT2D eigenvalue weighted by atomic mass is 19.3. The quantitative estimate of drug-likeness (QED) is 0.519. The number of hydrogen-bond donors (Lipinski definition) is 3. The van der Waals surface area contributed by atoms with Crippen LogP contribution in [-0.4, -0.2) is 34.1 Å². The van der Waals surface area contributed by atoms with Crippen molar-refractivity contribution in [2.75, 3.05) is 24.2 Å². The van der Waals surface area contributed by atoms with E-state index in [0.29, 0.717) is 0 Å². The fourth-order valence-electron chi connectivity index (χ4n) is 1.01. The second-order valence-corrected chi connectivity index (χ2v) is 3.23. The van der Waals surface area contributed by atoms with Crippen molar-refractivity contribution in [2.45, 2.75) is 5.92 Å². The molecule has 4 N–H and O–H groups in total. The van der Waals surface area contributed by atoms with Gasteiger partial charge in [0.05, 0.1) is 11.5 Å². The average Bonchev–Trinajstić information content (AvgIpc) is 2.26. The monoisotopic (exact) mass is 248 g/mol. The highest BCUT2D eigenvalue weighted by Crippen LogP contribution is 2.24. The minimum absolute atomic E-state index is 0.0367. The Bertz CT molecular complexity index is 427. The van der Waals surface area contributed by atoms with E-state index in [9.17, 15) is 18.9 Å².